The molecule has 5 N–H and O–H groups in total. The molecule has 0 aliphatic carbocycles. The van der Waals surface area contributed by atoms with Crippen LogP contribution in [0, 0.1) is 17.5 Å². The van der Waals surface area contributed by atoms with Crippen molar-refractivity contribution in [1.29, 1.82) is 0 Å². The monoisotopic (exact) mass is 624 g/mol. The van der Waals surface area contributed by atoms with E-state index in [-0.39, 0.29) is 49.4 Å². The molecule has 0 bridgehead atoms. The fraction of sp³-hybridized carbons (Fsp3) is 0.375. The number of phosphoric acid groups is 1. The number of pyridine rings is 1. The second-order valence-electron chi connectivity index (χ2n) is 9.53. The average Bonchev–Trinajstić information content (AvgIpc) is 3.26. The van der Waals surface area contributed by atoms with Crippen LogP contribution in [0.3, 0.4) is 0 Å². The summed E-state index contributed by atoms with van der Waals surface area (Å²) in [7, 11) is -1.09. The predicted molar refractivity (Wildman–Crippen MR) is 137 cm³/mol. The molecule has 0 unspecified atom stereocenters. The standard InChI is InChI=1S/C24H24F6N6O.H3O4P/c1-34(2)20-4-3-13(11-32-20)22-19-12-35(5-6-36(19)23(33-22)24(28,29)30)21(37)9-15(31)7-14-8-17(26)18(27)10-16(14)25;1-5(2,3)4/h3-4,8,10-11,15H,5-7,9,12,31H2,1-2H3;(H3,1,2,3,4)/t15-;/m1./s1. The van der Waals surface area contributed by atoms with E-state index in [2.05, 4.69) is 9.97 Å². The van der Waals surface area contributed by atoms with E-state index in [1.807, 2.05) is 0 Å². The van der Waals surface area contributed by atoms with Crippen molar-refractivity contribution in [3.8, 4) is 11.3 Å². The first kappa shape index (κ1) is 33.0. The average molecular weight is 624 g/mol. The molecule has 1 aromatic carbocycles. The molecule has 4 rings (SSSR count). The van der Waals surface area contributed by atoms with Crippen LogP contribution in [0.1, 0.15) is 23.5 Å². The van der Waals surface area contributed by atoms with Gasteiger partial charge >= 0.3 is 14.0 Å². The number of fused-ring (bicyclic) bond motifs is 1. The lowest BCUT2D eigenvalue weighted by Gasteiger charge is -2.30. The number of hydrogen-bond donors (Lipinski definition) is 4. The highest BCUT2D eigenvalue weighted by molar-refractivity contribution is 7.45. The van der Waals surface area contributed by atoms with Crippen LogP contribution in [-0.4, -0.2) is 66.7 Å². The van der Waals surface area contributed by atoms with E-state index in [9.17, 15) is 31.1 Å². The maximum atomic E-state index is 14.0. The number of amides is 1. The number of rotatable bonds is 6. The summed E-state index contributed by atoms with van der Waals surface area (Å²) in [5, 5.41) is 0. The minimum Gasteiger partial charge on any atom is -0.363 e. The van der Waals surface area contributed by atoms with Crippen molar-refractivity contribution in [3.63, 3.8) is 0 Å². The van der Waals surface area contributed by atoms with Crippen molar-refractivity contribution in [3.05, 3.63) is 65.0 Å². The topological polar surface area (TPSA) is 158 Å². The third-order valence-electron chi connectivity index (χ3n) is 6.10. The number of nitrogens with two attached hydrogens (primary N) is 1. The molecule has 18 heteroatoms. The highest BCUT2D eigenvalue weighted by atomic mass is 31.2. The van der Waals surface area contributed by atoms with Crippen LogP contribution in [0.2, 0.25) is 0 Å². The van der Waals surface area contributed by atoms with Gasteiger partial charge < -0.3 is 34.8 Å². The molecule has 1 aliphatic rings. The summed E-state index contributed by atoms with van der Waals surface area (Å²) in [4.78, 5) is 45.7. The Morgan fingerprint density at radius 1 is 1.10 bits per heavy atom. The smallest absolute Gasteiger partial charge is 0.363 e. The molecule has 0 spiro atoms. The number of nitrogens with zero attached hydrogens (tertiary/aromatic N) is 5. The lowest BCUT2D eigenvalue weighted by molar-refractivity contribution is -0.148. The predicted octanol–water partition coefficient (Wildman–Crippen LogP) is 2.82. The first-order valence-corrected chi connectivity index (χ1v) is 13.7. The van der Waals surface area contributed by atoms with E-state index in [4.69, 9.17) is 25.0 Å². The summed E-state index contributed by atoms with van der Waals surface area (Å²) in [6, 6.07) is 3.43. The summed E-state index contributed by atoms with van der Waals surface area (Å²) >= 11 is 0. The number of imidazole rings is 1. The second kappa shape index (κ2) is 12.8. The zero-order valence-electron chi connectivity index (χ0n) is 22.2. The van der Waals surface area contributed by atoms with Crippen LogP contribution in [0.25, 0.3) is 11.3 Å². The van der Waals surface area contributed by atoms with Crippen molar-refractivity contribution in [2.24, 2.45) is 5.73 Å². The van der Waals surface area contributed by atoms with Crippen LogP contribution in [0.5, 0.6) is 0 Å². The molecular weight excluding hydrogens is 597 g/mol. The van der Waals surface area contributed by atoms with E-state index >= 15 is 0 Å². The van der Waals surface area contributed by atoms with Gasteiger partial charge in [-0.3, -0.25) is 4.79 Å². The molecule has 2 aromatic heterocycles. The molecule has 0 saturated carbocycles. The normalized spacial score (nSPS) is 14.1. The minimum atomic E-state index is -4.70. The van der Waals surface area contributed by atoms with Crippen molar-refractivity contribution in [1.82, 2.24) is 19.4 Å². The summed E-state index contributed by atoms with van der Waals surface area (Å²) in [6.07, 6.45) is -3.78. The molecule has 3 aromatic rings. The first-order valence-electron chi connectivity index (χ1n) is 12.1. The Morgan fingerprint density at radius 3 is 2.26 bits per heavy atom. The third-order valence-corrected chi connectivity index (χ3v) is 6.10. The summed E-state index contributed by atoms with van der Waals surface area (Å²) in [6.45, 7) is -0.313. The lowest BCUT2D eigenvalue weighted by atomic mass is 10.0. The van der Waals surface area contributed by atoms with Crippen LogP contribution < -0.4 is 10.6 Å². The van der Waals surface area contributed by atoms with E-state index in [0.717, 1.165) is 4.57 Å². The number of aromatic nitrogens is 3. The molecule has 1 aliphatic heterocycles. The van der Waals surface area contributed by atoms with E-state index < -0.39 is 49.2 Å². The lowest BCUT2D eigenvalue weighted by Crippen LogP contribution is -2.42. The molecule has 1 amide bonds. The van der Waals surface area contributed by atoms with Crippen LogP contribution in [-0.2, 0) is 35.0 Å². The Bertz CT molecular complexity index is 1470. The number of carbonyl (C=O) groups is 1. The molecule has 1 atom stereocenters. The molecule has 0 radical (unpaired) electrons. The maximum absolute atomic E-state index is 14.0. The number of hydrogen-bond acceptors (Lipinski definition) is 6. The summed E-state index contributed by atoms with van der Waals surface area (Å²) in [5.74, 6) is -4.48. The molecule has 230 valence electrons. The van der Waals surface area contributed by atoms with Gasteiger partial charge in [0.05, 0.1) is 17.9 Å². The van der Waals surface area contributed by atoms with Gasteiger partial charge in [-0.25, -0.2) is 27.7 Å². The SMILES string of the molecule is CN(C)c1ccc(-c2nc(C(F)(F)F)n3c2CN(C(=O)C[C@H](N)Cc2cc(F)c(F)cc2F)CC3)cn1.O=P(O)(O)O. The Kier molecular flexibility index (Phi) is 10.1. The van der Waals surface area contributed by atoms with Gasteiger partial charge in [0.2, 0.25) is 11.7 Å². The zero-order chi connectivity index (χ0) is 31.6. The summed E-state index contributed by atoms with van der Waals surface area (Å²) in [5.41, 5.74) is 6.43. The number of anilines is 1. The van der Waals surface area contributed by atoms with E-state index in [1.54, 1.807) is 31.1 Å². The Hall–Kier alpha value is -3.50. The second-order valence-corrected chi connectivity index (χ2v) is 10.6. The van der Waals surface area contributed by atoms with Crippen LogP contribution in [0.15, 0.2) is 30.5 Å². The van der Waals surface area contributed by atoms with Gasteiger partial charge in [0, 0.05) is 57.5 Å². The number of alkyl halides is 3. The van der Waals surface area contributed by atoms with Gasteiger partial charge in [-0.2, -0.15) is 13.2 Å². The number of benzene rings is 1. The first-order chi connectivity index (χ1) is 19.3. The van der Waals surface area contributed by atoms with E-state index in [1.165, 1.54) is 11.1 Å². The van der Waals surface area contributed by atoms with Gasteiger partial charge in [-0.15, -0.1) is 0 Å². The fourth-order valence-electron chi connectivity index (χ4n) is 4.25. The van der Waals surface area contributed by atoms with Gasteiger partial charge in [0.15, 0.2) is 11.6 Å². The quantitative estimate of drug-likeness (QED) is 0.184. The van der Waals surface area contributed by atoms with Gasteiger partial charge in [0.25, 0.3) is 0 Å². The van der Waals surface area contributed by atoms with Gasteiger partial charge in [-0.05, 0) is 30.2 Å². The highest BCUT2D eigenvalue weighted by Gasteiger charge is 2.41. The van der Waals surface area contributed by atoms with Gasteiger partial charge in [0.1, 0.15) is 11.6 Å². The molecule has 0 fully saturated rings. The van der Waals surface area contributed by atoms with Crippen molar-refractivity contribution in [2.45, 2.75) is 38.1 Å². The maximum Gasteiger partial charge on any atom is 0.466 e. The van der Waals surface area contributed by atoms with Crippen LogP contribution in [0.4, 0.5) is 32.2 Å². The fourth-order valence-corrected chi connectivity index (χ4v) is 4.25. The molecule has 3 heterocycles. The largest absolute Gasteiger partial charge is 0.466 e. The number of halogens is 6. The van der Waals surface area contributed by atoms with Crippen LogP contribution >= 0.6 is 7.82 Å². The number of carbonyl (C=O) groups excluding carboxylic acids is 1. The highest BCUT2D eigenvalue weighted by Crippen LogP contribution is 2.36. The zero-order valence-corrected chi connectivity index (χ0v) is 23.1. The third kappa shape index (κ3) is 8.51. The van der Waals surface area contributed by atoms with Gasteiger partial charge in [-0.1, -0.05) is 0 Å². The Morgan fingerprint density at radius 2 is 1.71 bits per heavy atom. The molecule has 11 nitrogen and oxygen atoms in total. The molecular formula is C24H27F6N6O5P. The summed E-state index contributed by atoms with van der Waals surface area (Å²) < 4.78 is 91.7. The van der Waals surface area contributed by atoms with E-state index in [0.29, 0.717) is 23.5 Å². The van der Waals surface area contributed by atoms with Crippen molar-refractivity contribution >= 4 is 19.5 Å². The van der Waals surface area contributed by atoms with Crippen molar-refractivity contribution in [2.75, 3.05) is 25.5 Å². The molecule has 42 heavy (non-hydrogen) atoms. The molecule has 0 saturated heterocycles. The van der Waals surface area contributed by atoms with Crippen molar-refractivity contribution < 1.29 is 50.4 Å². The Balaban J connectivity index is 0.000000892. The Labute approximate surface area is 235 Å². The minimum absolute atomic E-state index is 0.0191.